The minimum absolute atomic E-state index is 0.220. The van der Waals surface area contributed by atoms with E-state index >= 15 is 0 Å². The Morgan fingerprint density at radius 1 is 1.10 bits per heavy atom. The summed E-state index contributed by atoms with van der Waals surface area (Å²) in [6.45, 7) is 3.12. The summed E-state index contributed by atoms with van der Waals surface area (Å²) in [4.78, 5) is 35.4. The van der Waals surface area contributed by atoms with E-state index in [0.717, 1.165) is 12.0 Å². The first kappa shape index (κ1) is 20.4. The Morgan fingerprint density at radius 3 is 2.41 bits per heavy atom. The number of carbonyl (C=O) groups is 2. The summed E-state index contributed by atoms with van der Waals surface area (Å²) in [5.74, 6) is 1.68. The van der Waals surface area contributed by atoms with E-state index in [0.29, 0.717) is 62.2 Å². The van der Waals surface area contributed by atoms with Gasteiger partial charge in [0.15, 0.2) is 11.5 Å². The normalized spacial score (nSPS) is 13.7. The lowest BCUT2D eigenvalue weighted by Gasteiger charge is -2.32. The Balaban J connectivity index is 1.50. The summed E-state index contributed by atoms with van der Waals surface area (Å²) in [5, 5.41) is 2.88. The number of anilines is 1. The zero-order valence-electron chi connectivity index (χ0n) is 16.6. The van der Waals surface area contributed by atoms with Crippen LogP contribution in [0.1, 0.15) is 15.9 Å². The second-order valence-electron chi connectivity index (χ2n) is 6.60. The smallest absolute Gasteiger partial charge is 0.254 e. The highest BCUT2D eigenvalue weighted by molar-refractivity contribution is 5.93. The molecule has 0 unspecified atom stereocenters. The fourth-order valence-corrected chi connectivity index (χ4v) is 3.09. The Bertz CT molecular complexity index is 835. The molecule has 1 aromatic heterocycles. The number of nitrogens with one attached hydrogen (secondary N) is 1. The lowest BCUT2D eigenvalue weighted by molar-refractivity contribution is -0.118. The van der Waals surface area contributed by atoms with Crippen molar-refractivity contribution in [2.75, 3.05) is 51.8 Å². The van der Waals surface area contributed by atoms with Crippen molar-refractivity contribution in [1.82, 2.24) is 20.2 Å². The fourth-order valence-electron chi connectivity index (χ4n) is 3.09. The standard InChI is InChI=1S/C20H25N5O4/c1-28-17-4-3-15(11-18(17)29-2)5-6-21-19(27)16-12-22-20(23-13-16)25-9-7-24(14-26)8-10-25/h3-4,11-14H,5-10H2,1-2H3,(H,21,27). The molecular formula is C20H25N5O4. The quantitative estimate of drug-likeness (QED) is 0.654. The molecular weight excluding hydrogens is 374 g/mol. The van der Waals surface area contributed by atoms with Crippen LogP contribution in [-0.4, -0.2) is 74.1 Å². The van der Waals surface area contributed by atoms with Crippen LogP contribution in [0, 0.1) is 0 Å². The Hall–Kier alpha value is -3.36. The monoisotopic (exact) mass is 399 g/mol. The van der Waals surface area contributed by atoms with Gasteiger partial charge < -0.3 is 24.6 Å². The van der Waals surface area contributed by atoms with E-state index < -0.39 is 0 Å². The number of nitrogens with zero attached hydrogens (tertiary/aromatic N) is 4. The van der Waals surface area contributed by atoms with Crippen LogP contribution in [-0.2, 0) is 11.2 Å². The molecule has 3 rings (SSSR count). The summed E-state index contributed by atoms with van der Waals surface area (Å²) in [6, 6.07) is 5.68. The van der Waals surface area contributed by atoms with Crippen molar-refractivity contribution in [2.24, 2.45) is 0 Å². The predicted octanol–water partition coefficient (Wildman–Crippen LogP) is 0.745. The first-order chi connectivity index (χ1) is 14.1. The van der Waals surface area contributed by atoms with Gasteiger partial charge in [0, 0.05) is 45.1 Å². The largest absolute Gasteiger partial charge is 0.493 e. The van der Waals surface area contributed by atoms with E-state index in [1.165, 1.54) is 12.4 Å². The summed E-state index contributed by atoms with van der Waals surface area (Å²) >= 11 is 0. The molecule has 2 heterocycles. The van der Waals surface area contributed by atoms with Crippen molar-refractivity contribution < 1.29 is 19.1 Å². The van der Waals surface area contributed by atoms with Crippen LogP contribution in [0.5, 0.6) is 11.5 Å². The van der Waals surface area contributed by atoms with Crippen molar-refractivity contribution in [1.29, 1.82) is 0 Å². The van der Waals surface area contributed by atoms with Gasteiger partial charge in [0.25, 0.3) is 5.91 Å². The molecule has 2 aromatic rings. The van der Waals surface area contributed by atoms with Crippen LogP contribution >= 0.6 is 0 Å². The molecule has 0 bridgehead atoms. The van der Waals surface area contributed by atoms with Crippen molar-refractivity contribution in [2.45, 2.75) is 6.42 Å². The number of benzene rings is 1. The highest BCUT2D eigenvalue weighted by Crippen LogP contribution is 2.27. The third-order valence-corrected chi connectivity index (χ3v) is 4.79. The van der Waals surface area contributed by atoms with Crippen LogP contribution in [0.25, 0.3) is 0 Å². The number of rotatable bonds is 8. The zero-order valence-corrected chi connectivity index (χ0v) is 16.6. The van der Waals surface area contributed by atoms with Crippen molar-refractivity contribution in [3.63, 3.8) is 0 Å². The minimum atomic E-state index is -0.220. The molecule has 1 aliphatic rings. The lowest BCUT2D eigenvalue weighted by Crippen LogP contribution is -2.46. The van der Waals surface area contributed by atoms with Gasteiger partial charge >= 0.3 is 0 Å². The van der Waals surface area contributed by atoms with Gasteiger partial charge in [-0.1, -0.05) is 6.07 Å². The van der Waals surface area contributed by atoms with Gasteiger partial charge in [-0.25, -0.2) is 9.97 Å². The number of hydrogen-bond donors (Lipinski definition) is 1. The van der Waals surface area contributed by atoms with E-state index in [4.69, 9.17) is 9.47 Å². The average Bonchev–Trinajstić information content (AvgIpc) is 2.79. The predicted molar refractivity (Wildman–Crippen MR) is 107 cm³/mol. The first-order valence-electron chi connectivity index (χ1n) is 9.40. The number of piperazine rings is 1. The SMILES string of the molecule is COc1ccc(CCNC(=O)c2cnc(N3CCN(C=O)CC3)nc2)cc1OC. The van der Waals surface area contributed by atoms with Gasteiger partial charge in [0.05, 0.1) is 19.8 Å². The molecule has 1 aliphatic heterocycles. The second kappa shape index (κ2) is 9.72. The van der Waals surface area contributed by atoms with Crippen molar-refractivity contribution in [3.8, 4) is 11.5 Å². The Labute approximate surface area is 169 Å². The number of amides is 2. The van der Waals surface area contributed by atoms with Gasteiger partial charge in [-0.3, -0.25) is 9.59 Å². The highest BCUT2D eigenvalue weighted by atomic mass is 16.5. The molecule has 29 heavy (non-hydrogen) atoms. The maximum absolute atomic E-state index is 12.3. The molecule has 9 heteroatoms. The molecule has 0 aliphatic carbocycles. The third-order valence-electron chi connectivity index (χ3n) is 4.79. The average molecular weight is 399 g/mol. The lowest BCUT2D eigenvalue weighted by atomic mass is 10.1. The van der Waals surface area contributed by atoms with Crippen molar-refractivity contribution >= 4 is 18.3 Å². The summed E-state index contributed by atoms with van der Waals surface area (Å²) < 4.78 is 10.5. The van der Waals surface area contributed by atoms with Crippen LogP contribution in [0.2, 0.25) is 0 Å². The summed E-state index contributed by atoms with van der Waals surface area (Å²) in [6.07, 6.45) is 4.57. The molecule has 0 atom stereocenters. The van der Waals surface area contributed by atoms with Crippen LogP contribution in [0.3, 0.4) is 0 Å². The number of carbonyl (C=O) groups excluding carboxylic acids is 2. The molecule has 0 radical (unpaired) electrons. The van der Waals surface area contributed by atoms with E-state index in [2.05, 4.69) is 15.3 Å². The molecule has 1 aromatic carbocycles. The van der Waals surface area contributed by atoms with E-state index in [1.807, 2.05) is 23.1 Å². The van der Waals surface area contributed by atoms with Crippen LogP contribution in [0.15, 0.2) is 30.6 Å². The van der Waals surface area contributed by atoms with Crippen LogP contribution < -0.4 is 19.7 Å². The minimum Gasteiger partial charge on any atom is -0.493 e. The number of methoxy groups -OCH3 is 2. The van der Waals surface area contributed by atoms with E-state index in [-0.39, 0.29) is 5.91 Å². The molecule has 2 amide bonds. The van der Waals surface area contributed by atoms with Crippen LogP contribution in [0.4, 0.5) is 5.95 Å². The Morgan fingerprint density at radius 2 is 1.79 bits per heavy atom. The second-order valence-corrected chi connectivity index (χ2v) is 6.60. The molecule has 0 spiro atoms. The van der Waals surface area contributed by atoms with Gasteiger partial charge in [0.1, 0.15) is 0 Å². The van der Waals surface area contributed by atoms with Gasteiger partial charge in [-0.05, 0) is 24.1 Å². The number of hydrogen-bond acceptors (Lipinski definition) is 7. The maximum Gasteiger partial charge on any atom is 0.254 e. The zero-order chi connectivity index (χ0) is 20.6. The van der Waals surface area contributed by atoms with Gasteiger partial charge in [0.2, 0.25) is 12.4 Å². The molecule has 9 nitrogen and oxygen atoms in total. The number of aromatic nitrogens is 2. The van der Waals surface area contributed by atoms with Gasteiger partial charge in [-0.2, -0.15) is 0 Å². The van der Waals surface area contributed by atoms with Crippen molar-refractivity contribution in [3.05, 3.63) is 41.7 Å². The summed E-state index contributed by atoms with van der Waals surface area (Å²) in [7, 11) is 3.19. The molecule has 1 saturated heterocycles. The highest BCUT2D eigenvalue weighted by Gasteiger charge is 2.18. The molecule has 0 saturated carbocycles. The topological polar surface area (TPSA) is 96.9 Å². The fraction of sp³-hybridized carbons (Fsp3) is 0.400. The molecule has 1 N–H and O–H groups in total. The first-order valence-corrected chi connectivity index (χ1v) is 9.40. The Kier molecular flexibility index (Phi) is 6.83. The number of ether oxygens (including phenoxy) is 2. The molecule has 154 valence electrons. The van der Waals surface area contributed by atoms with Gasteiger partial charge in [-0.15, -0.1) is 0 Å². The molecule has 1 fully saturated rings. The maximum atomic E-state index is 12.3. The summed E-state index contributed by atoms with van der Waals surface area (Å²) in [5.41, 5.74) is 1.44. The third kappa shape index (κ3) is 5.13. The van der Waals surface area contributed by atoms with E-state index in [9.17, 15) is 9.59 Å². The van der Waals surface area contributed by atoms with E-state index in [1.54, 1.807) is 19.1 Å².